The summed E-state index contributed by atoms with van der Waals surface area (Å²) in [5.74, 6) is 0.252. The van der Waals surface area contributed by atoms with E-state index < -0.39 is 4.92 Å². The molecule has 126 valence electrons. The van der Waals surface area contributed by atoms with Crippen molar-refractivity contribution in [2.24, 2.45) is 5.92 Å². The third-order valence-corrected chi connectivity index (χ3v) is 4.11. The number of anilines is 1. The highest BCUT2D eigenvalue weighted by Gasteiger charge is 2.20. The molecular formula is C16H23N3O4. The molecule has 0 aliphatic heterocycles. The Balaban J connectivity index is 1.70. The van der Waals surface area contributed by atoms with Crippen LogP contribution in [0.2, 0.25) is 0 Å². The summed E-state index contributed by atoms with van der Waals surface area (Å²) in [6.45, 7) is 0.922. The number of hydrogen-bond donors (Lipinski definition) is 3. The summed E-state index contributed by atoms with van der Waals surface area (Å²) in [4.78, 5) is 22.3. The summed E-state index contributed by atoms with van der Waals surface area (Å²) in [6, 6.07) is 6.37. The van der Waals surface area contributed by atoms with Crippen molar-refractivity contribution in [1.82, 2.24) is 5.32 Å². The number of nitrogens with one attached hydrogen (secondary N) is 2. The maximum absolute atomic E-state index is 11.8. The number of carbonyl (C=O) groups is 1. The first kappa shape index (κ1) is 17.2. The van der Waals surface area contributed by atoms with Crippen LogP contribution in [0.1, 0.15) is 32.1 Å². The van der Waals surface area contributed by atoms with Gasteiger partial charge in [-0.25, -0.2) is 0 Å². The van der Waals surface area contributed by atoms with Gasteiger partial charge in [-0.2, -0.15) is 0 Å². The van der Waals surface area contributed by atoms with Gasteiger partial charge in [-0.3, -0.25) is 14.9 Å². The molecule has 1 aliphatic carbocycles. The summed E-state index contributed by atoms with van der Waals surface area (Å²) in [7, 11) is 0. The lowest BCUT2D eigenvalue weighted by Gasteiger charge is -2.25. The number of aliphatic hydroxyl groups excluding tert-OH is 1. The molecule has 0 saturated heterocycles. The lowest BCUT2D eigenvalue weighted by atomic mass is 9.87. The average Bonchev–Trinajstić information content (AvgIpc) is 2.53. The van der Waals surface area contributed by atoms with Gasteiger partial charge in [0.15, 0.2) is 0 Å². The number of benzene rings is 1. The molecule has 0 bridgehead atoms. The van der Waals surface area contributed by atoms with Crippen molar-refractivity contribution >= 4 is 17.3 Å². The van der Waals surface area contributed by atoms with Gasteiger partial charge in [0.25, 0.3) is 5.69 Å². The van der Waals surface area contributed by atoms with Gasteiger partial charge < -0.3 is 15.7 Å². The van der Waals surface area contributed by atoms with Crippen molar-refractivity contribution in [2.45, 2.75) is 38.2 Å². The third-order valence-electron chi connectivity index (χ3n) is 4.11. The van der Waals surface area contributed by atoms with Gasteiger partial charge in [-0.1, -0.05) is 18.6 Å². The van der Waals surface area contributed by atoms with E-state index in [4.69, 9.17) is 0 Å². The van der Waals surface area contributed by atoms with Crippen LogP contribution in [0.3, 0.4) is 0 Å². The fourth-order valence-electron chi connectivity index (χ4n) is 2.89. The molecule has 7 heteroatoms. The first-order valence-corrected chi connectivity index (χ1v) is 7.98. The molecule has 1 aromatic carbocycles. The minimum absolute atomic E-state index is 0.00380. The van der Waals surface area contributed by atoms with Crippen LogP contribution in [-0.2, 0) is 4.79 Å². The fraction of sp³-hybridized carbons (Fsp3) is 0.562. The maximum atomic E-state index is 11.8. The normalized spacial score (nSPS) is 20.7. The Morgan fingerprint density at radius 1 is 1.35 bits per heavy atom. The lowest BCUT2D eigenvalue weighted by Crippen LogP contribution is -2.33. The first-order chi connectivity index (χ1) is 11.1. The number of para-hydroxylation sites is 2. The molecule has 2 unspecified atom stereocenters. The third kappa shape index (κ3) is 5.52. The molecule has 23 heavy (non-hydrogen) atoms. The zero-order valence-corrected chi connectivity index (χ0v) is 13.0. The van der Waals surface area contributed by atoms with Crippen molar-refractivity contribution in [3.63, 3.8) is 0 Å². The lowest BCUT2D eigenvalue weighted by molar-refractivity contribution is -0.384. The van der Waals surface area contributed by atoms with Crippen LogP contribution in [0.4, 0.5) is 11.4 Å². The van der Waals surface area contributed by atoms with Crippen LogP contribution in [0.15, 0.2) is 24.3 Å². The van der Waals surface area contributed by atoms with E-state index in [1.807, 2.05) is 0 Å². The standard InChI is InChI=1S/C16H23N3O4/c20-13-5-3-4-12(10-13)11-18-16(21)8-9-17-14-6-1-2-7-15(14)19(22)23/h1-2,6-7,12-13,17,20H,3-5,8-11H2,(H,18,21). The van der Waals surface area contributed by atoms with Crippen molar-refractivity contribution in [2.75, 3.05) is 18.4 Å². The summed E-state index contributed by atoms with van der Waals surface area (Å²) in [5, 5.41) is 26.3. The summed E-state index contributed by atoms with van der Waals surface area (Å²) in [6.07, 6.45) is 3.64. The SMILES string of the molecule is O=C(CCNc1ccccc1[N+](=O)[O-])NCC1CCCC(O)C1. The largest absolute Gasteiger partial charge is 0.393 e. The molecule has 0 heterocycles. The van der Waals surface area contributed by atoms with E-state index in [-0.39, 0.29) is 24.1 Å². The summed E-state index contributed by atoms with van der Waals surface area (Å²) in [5.41, 5.74) is 0.421. The zero-order chi connectivity index (χ0) is 16.7. The van der Waals surface area contributed by atoms with Crippen LogP contribution in [0.5, 0.6) is 0 Å². The second-order valence-corrected chi connectivity index (χ2v) is 5.94. The number of amides is 1. The molecule has 7 nitrogen and oxygen atoms in total. The Labute approximate surface area is 135 Å². The van der Waals surface area contributed by atoms with Gasteiger partial charge in [0.1, 0.15) is 5.69 Å². The fourth-order valence-corrected chi connectivity index (χ4v) is 2.89. The second-order valence-electron chi connectivity index (χ2n) is 5.94. The van der Waals surface area contributed by atoms with Crippen molar-refractivity contribution in [3.8, 4) is 0 Å². The van der Waals surface area contributed by atoms with Crippen LogP contribution < -0.4 is 10.6 Å². The molecule has 1 fully saturated rings. The molecule has 1 amide bonds. The van der Waals surface area contributed by atoms with Crippen LogP contribution >= 0.6 is 0 Å². The van der Waals surface area contributed by atoms with E-state index in [1.54, 1.807) is 18.2 Å². The molecular weight excluding hydrogens is 298 g/mol. The molecule has 1 aromatic rings. The zero-order valence-electron chi connectivity index (χ0n) is 13.0. The van der Waals surface area contributed by atoms with E-state index in [0.717, 1.165) is 25.7 Å². The number of nitrogens with zero attached hydrogens (tertiary/aromatic N) is 1. The molecule has 0 radical (unpaired) electrons. The Bertz CT molecular complexity index is 550. The Kier molecular flexibility index (Phi) is 6.34. The van der Waals surface area contributed by atoms with Crippen molar-refractivity contribution in [1.29, 1.82) is 0 Å². The van der Waals surface area contributed by atoms with E-state index in [0.29, 0.717) is 24.7 Å². The van der Waals surface area contributed by atoms with Gasteiger partial charge in [0.2, 0.25) is 5.91 Å². The van der Waals surface area contributed by atoms with E-state index >= 15 is 0 Å². The van der Waals surface area contributed by atoms with Crippen LogP contribution in [-0.4, -0.2) is 35.1 Å². The molecule has 3 N–H and O–H groups in total. The number of aliphatic hydroxyl groups is 1. The van der Waals surface area contributed by atoms with Gasteiger partial charge in [0.05, 0.1) is 11.0 Å². The maximum Gasteiger partial charge on any atom is 0.292 e. The first-order valence-electron chi connectivity index (χ1n) is 7.98. The van der Waals surface area contributed by atoms with Gasteiger partial charge in [0, 0.05) is 25.6 Å². The molecule has 1 saturated carbocycles. The van der Waals surface area contributed by atoms with Gasteiger partial charge >= 0.3 is 0 Å². The predicted octanol–water partition coefficient (Wildman–Crippen LogP) is 2.06. The number of rotatable bonds is 7. The topological polar surface area (TPSA) is 104 Å². The van der Waals surface area contributed by atoms with Crippen molar-refractivity contribution in [3.05, 3.63) is 34.4 Å². The Morgan fingerprint density at radius 3 is 2.87 bits per heavy atom. The highest BCUT2D eigenvalue weighted by Crippen LogP contribution is 2.24. The van der Waals surface area contributed by atoms with E-state index in [9.17, 15) is 20.0 Å². The molecule has 0 aromatic heterocycles. The van der Waals surface area contributed by atoms with E-state index in [2.05, 4.69) is 10.6 Å². The number of hydrogen-bond acceptors (Lipinski definition) is 5. The highest BCUT2D eigenvalue weighted by molar-refractivity contribution is 5.76. The number of nitro benzene ring substituents is 1. The van der Waals surface area contributed by atoms with Crippen molar-refractivity contribution < 1.29 is 14.8 Å². The molecule has 0 spiro atoms. The highest BCUT2D eigenvalue weighted by atomic mass is 16.6. The Morgan fingerprint density at radius 2 is 2.13 bits per heavy atom. The molecule has 1 aliphatic rings. The predicted molar refractivity (Wildman–Crippen MR) is 87.2 cm³/mol. The molecule has 2 rings (SSSR count). The summed E-state index contributed by atoms with van der Waals surface area (Å²) >= 11 is 0. The minimum atomic E-state index is -0.448. The van der Waals surface area contributed by atoms with Crippen LogP contribution in [0.25, 0.3) is 0 Å². The van der Waals surface area contributed by atoms with Gasteiger partial charge in [-0.15, -0.1) is 0 Å². The second kappa shape index (κ2) is 8.47. The minimum Gasteiger partial charge on any atom is -0.393 e. The number of carbonyl (C=O) groups excluding carboxylic acids is 1. The smallest absolute Gasteiger partial charge is 0.292 e. The number of nitro groups is 1. The quantitative estimate of drug-likeness (QED) is 0.527. The average molecular weight is 321 g/mol. The summed E-state index contributed by atoms with van der Waals surface area (Å²) < 4.78 is 0. The van der Waals surface area contributed by atoms with E-state index in [1.165, 1.54) is 6.07 Å². The van der Waals surface area contributed by atoms with Gasteiger partial charge in [-0.05, 0) is 31.2 Å². The monoisotopic (exact) mass is 321 g/mol. The Hall–Kier alpha value is -2.15. The van der Waals surface area contributed by atoms with Crippen LogP contribution in [0, 0.1) is 16.0 Å². The molecule has 2 atom stereocenters.